The number of para-hydroxylation sites is 4. The Kier molecular flexibility index (Phi) is 25.5. The van der Waals surface area contributed by atoms with Crippen LogP contribution >= 0.6 is 11.6 Å². The second kappa shape index (κ2) is 39.4. The molecule has 0 bridgehead atoms. The van der Waals surface area contributed by atoms with E-state index in [0.717, 1.165) is 45.3 Å². The standard InChI is InChI=1S/C28H23N7O2.C27H19ClFN7O2.C27H19F2N7O2.C26H23N7O2/c1-16-6-3-4-9-22(16)35-19(13-21-23(28(35)37)17(2)10-11-30-21)14-34-27-24(26(29)31-15-32-27)25(33-34)18-7-5-8-20(36)12-18;1-14-8-9-31-19-11-16(36(27(38)22(14)19)20-5-3-2-4-18(20)29)12-35-26-23(25(30)32-13-33-26)24(34-35)15-6-7-17(28)21(37)10-15;1-14-8-9-31-19-11-16(36(27(38)22(14)19)20-5-3-2-4-17(20)28)12-35-26-23(25(30)32-13-33-26)24(34-35)15-6-7-18(29)21(37)10-15;1-15-6-4-5-7-21(15)33-18(12-20-22(26(33)35)16(2)10-11-28-20)13-32-25-23(24(27)29-14-30-25)19(31-32)9-8-17(3)34/h3-13,15,36H,14H2,1-2H3,(H2,29,31,32);2*2-11,13,37H,12H2,1H3,(H2,30,32,33);4-7,10-12,14,17,34H,13H2,1-3H3,(H2,27,29,30)/t;;;17-/m...1/s1. The zero-order valence-corrected chi connectivity index (χ0v) is 80.4. The van der Waals surface area contributed by atoms with Crippen molar-refractivity contribution in [2.75, 3.05) is 22.9 Å². The Bertz CT molecular complexity index is 9430. The van der Waals surface area contributed by atoms with E-state index < -0.39 is 40.4 Å². The summed E-state index contributed by atoms with van der Waals surface area (Å²) < 4.78 is 56.2. The van der Waals surface area contributed by atoms with Crippen LogP contribution in [0.3, 0.4) is 0 Å². The van der Waals surface area contributed by atoms with Crippen LogP contribution in [-0.4, -0.2) is 144 Å². The van der Waals surface area contributed by atoms with Gasteiger partial charge in [0.25, 0.3) is 22.2 Å². The van der Waals surface area contributed by atoms with E-state index in [9.17, 15) is 48.4 Å². The molecule has 0 amide bonds. The number of phenols is 3. The number of rotatable bonds is 15. The summed E-state index contributed by atoms with van der Waals surface area (Å²) in [5.74, 6) is 3.93. The molecular formula is C108H84ClF3N28O8. The maximum absolute atomic E-state index is 15.0. The minimum atomic E-state index is -0.831. The highest BCUT2D eigenvalue weighted by molar-refractivity contribution is 6.32. The van der Waals surface area contributed by atoms with E-state index in [2.05, 4.69) is 81.8 Å². The largest absolute Gasteiger partial charge is 0.508 e. The summed E-state index contributed by atoms with van der Waals surface area (Å²) in [6.45, 7) is 13.4. The molecule has 732 valence electrons. The minimum absolute atomic E-state index is 0.0186. The highest BCUT2D eigenvalue weighted by Gasteiger charge is 2.29. The number of anilines is 4. The lowest BCUT2D eigenvalue weighted by atomic mass is 10.1. The average molecular weight is 1990 g/mol. The molecule has 36 nitrogen and oxygen atoms in total. The van der Waals surface area contributed by atoms with Gasteiger partial charge in [0.2, 0.25) is 0 Å². The molecule has 0 spiro atoms. The molecule has 0 aliphatic heterocycles. The number of aromatic hydroxyl groups is 3. The first-order valence-electron chi connectivity index (χ1n) is 45.9. The zero-order chi connectivity index (χ0) is 103. The third-order valence-electron chi connectivity index (χ3n) is 25.1. The van der Waals surface area contributed by atoms with Crippen LogP contribution in [0.15, 0.2) is 276 Å². The lowest BCUT2D eigenvalue weighted by molar-refractivity contribution is 0.253. The van der Waals surface area contributed by atoms with Gasteiger partial charge in [-0.25, -0.2) is 71.8 Å². The number of hydrogen-bond donors (Lipinski definition) is 8. The molecule has 40 heteroatoms. The second-order valence-corrected chi connectivity index (χ2v) is 35.2. The number of benzene rings is 7. The first-order valence-corrected chi connectivity index (χ1v) is 46.3. The molecule has 148 heavy (non-hydrogen) atoms. The van der Waals surface area contributed by atoms with Crippen LogP contribution in [0.1, 0.15) is 68.8 Å². The van der Waals surface area contributed by atoms with Crippen molar-refractivity contribution in [1.82, 2.24) is 117 Å². The molecule has 0 aliphatic rings. The van der Waals surface area contributed by atoms with Crippen LogP contribution in [0.2, 0.25) is 5.02 Å². The number of nitrogen functional groups attached to an aromatic ring is 4. The van der Waals surface area contributed by atoms with Crippen molar-refractivity contribution in [3.63, 3.8) is 0 Å². The normalized spacial score (nSPS) is 11.6. The van der Waals surface area contributed by atoms with Gasteiger partial charge in [-0.15, -0.1) is 0 Å². The van der Waals surface area contributed by atoms with Gasteiger partial charge in [0, 0.05) is 41.5 Å². The number of hydrogen-bond acceptors (Lipinski definition) is 28. The van der Waals surface area contributed by atoms with Crippen molar-refractivity contribution in [3.8, 4) is 85.6 Å². The monoisotopic (exact) mass is 1990 g/mol. The average Bonchev–Trinajstić information content (AvgIpc) is 1.08. The number of aromatic nitrogens is 24. The quantitative estimate of drug-likeness (QED) is 0.0442. The fourth-order valence-electron chi connectivity index (χ4n) is 18.2. The second-order valence-electron chi connectivity index (χ2n) is 34.8. The number of phenolic OH excluding ortho intramolecular Hbond substituents is 3. The van der Waals surface area contributed by atoms with Gasteiger partial charge in [-0.1, -0.05) is 96.4 Å². The highest BCUT2D eigenvalue weighted by Crippen LogP contribution is 2.40. The number of nitrogens with two attached hydrogens (primary N) is 4. The van der Waals surface area contributed by atoms with Gasteiger partial charge in [-0.05, 0) is 215 Å². The zero-order valence-electron chi connectivity index (χ0n) is 79.6. The summed E-state index contributed by atoms with van der Waals surface area (Å²) in [6.07, 6.45) is 11.1. The molecule has 16 heterocycles. The van der Waals surface area contributed by atoms with Gasteiger partial charge >= 0.3 is 0 Å². The Hall–Kier alpha value is -19.6. The fraction of sp³-hybridized carbons (Fsp3) is 0.111. The lowest BCUT2D eigenvalue weighted by Gasteiger charge is -2.17. The van der Waals surface area contributed by atoms with E-state index in [1.54, 1.807) is 147 Å². The Labute approximate surface area is 840 Å². The fourth-order valence-corrected chi connectivity index (χ4v) is 18.3. The maximum atomic E-state index is 15.0. The van der Waals surface area contributed by atoms with Crippen LogP contribution in [0, 0.1) is 70.8 Å². The summed E-state index contributed by atoms with van der Waals surface area (Å²) in [7, 11) is 0. The molecule has 23 rings (SSSR count). The highest BCUT2D eigenvalue weighted by atomic mass is 35.5. The van der Waals surface area contributed by atoms with Gasteiger partial charge in [0.15, 0.2) is 34.2 Å². The summed E-state index contributed by atoms with van der Waals surface area (Å²) >= 11 is 6.00. The van der Waals surface area contributed by atoms with Crippen LogP contribution in [0.4, 0.5) is 36.4 Å². The first kappa shape index (κ1) is 95.9. The van der Waals surface area contributed by atoms with Crippen molar-refractivity contribution in [1.29, 1.82) is 0 Å². The molecule has 0 radical (unpaired) electrons. The third-order valence-corrected chi connectivity index (χ3v) is 25.4. The number of nitrogens with zero attached hydrogens (tertiary/aromatic N) is 24. The molecule has 7 aromatic carbocycles. The summed E-state index contributed by atoms with van der Waals surface area (Å²) in [5.41, 5.74) is 39.7. The SMILES string of the molecule is Cc1ccccc1-n1c(Cn2nc(-c3cccc(O)c3)c3c(N)ncnc32)cc2nccc(C)c2c1=O.Cc1ccccc1-n1c(Cn2nc(C#C[C@@H](C)O)c3c(N)ncnc32)cc2nccc(C)c2c1=O.Cc1ccnc2cc(Cn3nc(-c4ccc(Cl)c(O)c4)c4c(N)ncnc43)n(-c3ccccc3F)c(=O)c12.Cc1ccnc2cc(Cn3nc(-c4ccc(F)c(O)c4)c4c(N)ncnc43)n(-c3ccccc3F)c(=O)c12. The molecule has 12 N–H and O–H groups in total. The Balaban J connectivity index is 0.000000120. The molecule has 0 unspecified atom stereocenters. The van der Waals surface area contributed by atoms with E-state index in [4.69, 9.17) is 44.7 Å². The van der Waals surface area contributed by atoms with Crippen LogP contribution in [0.25, 0.3) is 144 Å². The Morgan fingerprint density at radius 1 is 0.331 bits per heavy atom. The maximum Gasteiger partial charge on any atom is 0.265 e. The molecule has 23 aromatic rings. The summed E-state index contributed by atoms with van der Waals surface area (Å²) in [4.78, 5) is 107. The predicted molar refractivity (Wildman–Crippen MR) is 558 cm³/mol. The van der Waals surface area contributed by atoms with Crippen molar-refractivity contribution < 1.29 is 33.6 Å². The molecule has 16 aromatic heterocycles. The third kappa shape index (κ3) is 17.9. The van der Waals surface area contributed by atoms with Crippen LogP contribution in [-0.2, 0) is 26.2 Å². The van der Waals surface area contributed by atoms with Crippen molar-refractivity contribution in [3.05, 3.63) is 382 Å². The lowest BCUT2D eigenvalue weighted by Crippen LogP contribution is -2.25. The number of aliphatic hydroxyl groups is 1. The van der Waals surface area contributed by atoms with Crippen molar-refractivity contribution in [2.45, 2.75) is 80.7 Å². The Morgan fingerprint density at radius 3 is 1.01 bits per heavy atom. The van der Waals surface area contributed by atoms with Gasteiger partial charge in [0.1, 0.15) is 101 Å². The van der Waals surface area contributed by atoms with E-state index >= 15 is 4.39 Å². The van der Waals surface area contributed by atoms with Crippen LogP contribution < -0.4 is 45.2 Å². The van der Waals surface area contributed by atoms with Gasteiger partial charge in [0.05, 0.1) is 142 Å². The van der Waals surface area contributed by atoms with Gasteiger partial charge < -0.3 is 43.4 Å². The number of aryl methyl sites for hydroxylation is 6. The first-order chi connectivity index (χ1) is 71.4. The molecular weight excluding hydrogens is 1910 g/mol. The van der Waals surface area contributed by atoms with Crippen molar-refractivity contribution >= 4 is 123 Å². The van der Waals surface area contributed by atoms with E-state index in [1.807, 2.05) is 113 Å². The topological polar surface area (TPSA) is 499 Å². The van der Waals surface area contributed by atoms with Gasteiger partial charge in [-0.2, -0.15) is 20.4 Å². The molecule has 0 saturated carbocycles. The molecule has 1 atom stereocenters. The number of aliphatic hydroxyl groups excluding tert-OH is 1. The Morgan fingerprint density at radius 2 is 0.655 bits per heavy atom. The number of fused-ring (bicyclic) bond motifs is 8. The van der Waals surface area contributed by atoms with E-state index in [1.165, 1.54) is 75.5 Å². The number of pyridine rings is 8. The molecule has 0 fully saturated rings. The van der Waals surface area contributed by atoms with Crippen LogP contribution in [0.5, 0.6) is 17.2 Å². The minimum Gasteiger partial charge on any atom is -0.508 e. The van der Waals surface area contributed by atoms with E-state index in [0.29, 0.717) is 156 Å². The molecule has 0 saturated heterocycles. The summed E-state index contributed by atoms with van der Waals surface area (Å²) in [5, 5.41) is 62.6. The predicted octanol–water partition coefficient (Wildman–Crippen LogP) is 15.4. The van der Waals surface area contributed by atoms with Gasteiger partial charge in [-0.3, -0.25) is 57.4 Å². The summed E-state index contributed by atoms with van der Waals surface area (Å²) in [6, 6.07) is 57.2. The number of halogens is 4. The van der Waals surface area contributed by atoms with E-state index in [-0.39, 0.29) is 88.5 Å². The smallest absolute Gasteiger partial charge is 0.265 e. The molecule has 0 aliphatic carbocycles. The van der Waals surface area contributed by atoms with Crippen molar-refractivity contribution in [2.24, 2.45) is 0 Å².